The predicted molar refractivity (Wildman–Crippen MR) is 96.3 cm³/mol. The van der Waals surface area contributed by atoms with Gasteiger partial charge in [-0.3, -0.25) is 4.57 Å². The maximum absolute atomic E-state index is 4.54. The van der Waals surface area contributed by atoms with E-state index in [0.717, 1.165) is 17.2 Å². The van der Waals surface area contributed by atoms with Crippen LogP contribution in [0.25, 0.3) is 28.1 Å². The lowest BCUT2D eigenvalue weighted by molar-refractivity contribution is 0.977. The van der Waals surface area contributed by atoms with Gasteiger partial charge in [-0.2, -0.15) is 0 Å². The van der Waals surface area contributed by atoms with Gasteiger partial charge in [0.1, 0.15) is 5.82 Å². The second-order valence-corrected chi connectivity index (χ2v) is 5.96. The van der Waals surface area contributed by atoms with Gasteiger partial charge in [-0.1, -0.05) is 36.4 Å². The molecule has 118 valence electrons. The van der Waals surface area contributed by atoms with Gasteiger partial charge in [-0.15, -0.1) is 0 Å². The monoisotopic (exact) mass is 314 g/mol. The van der Waals surface area contributed by atoms with Crippen LogP contribution in [0, 0.1) is 20.8 Å². The molecule has 0 saturated carbocycles. The van der Waals surface area contributed by atoms with Crippen molar-refractivity contribution in [3.05, 3.63) is 71.8 Å². The molecule has 0 amide bonds. The summed E-state index contributed by atoms with van der Waals surface area (Å²) < 4.78 is 2.08. The Morgan fingerprint density at radius 2 is 1.54 bits per heavy atom. The minimum atomic E-state index is 0.677. The van der Waals surface area contributed by atoms with Gasteiger partial charge < -0.3 is 0 Å². The largest absolute Gasteiger partial charge is 0.279 e. The average Bonchev–Trinajstić information content (AvgIpc) is 2.92. The SMILES string of the molecule is Cc1ccccc1-c1cccc(-n2c(C)nc3nccnc32)c1C. The quantitative estimate of drug-likeness (QED) is 0.550. The van der Waals surface area contributed by atoms with Crippen LogP contribution >= 0.6 is 0 Å². The van der Waals surface area contributed by atoms with Crippen molar-refractivity contribution < 1.29 is 0 Å². The summed E-state index contributed by atoms with van der Waals surface area (Å²) in [4.78, 5) is 13.3. The molecule has 0 aliphatic carbocycles. The molecule has 4 aromatic rings. The molecule has 0 bridgehead atoms. The summed E-state index contributed by atoms with van der Waals surface area (Å²) in [5.41, 5.74) is 7.53. The first-order valence-corrected chi connectivity index (χ1v) is 7.99. The highest BCUT2D eigenvalue weighted by Gasteiger charge is 2.15. The summed E-state index contributed by atoms with van der Waals surface area (Å²) in [5.74, 6) is 0.890. The smallest absolute Gasteiger partial charge is 0.198 e. The highest BCUT2D eigenvalue weighted by molar-refractivity contribution is 5.76. The van der Waals surface area contributed by atoms with E-state index in [0.29, 0.717) is 5.65 Å². The summed E-state index contributed by atoms with van der Waals surface area (Å²) >= 11 is 0. The Morgan fingerprint density at radius 3 is 2.38 bits per heavy atom. The molecule has 4 heteroatoms. The molecule has 0 spiro atoms. The molecule has 0 unspecified atom stereocenters. The first kappa shape index (κ1) is 14.6. The summed E-state index contributed by atoms with van der Waals surface area (Å²) in [6.07, 6.45) is 3.39. The summed E-state index contributed by atoms with van der Waals surface area (Å²) in [6, 6.07) is 14.8. The minimum Gasteiger partial charge on any atom is -0.279 e. The number of aromatic nitrogens is 4. The number of rotatable bonds is 2. The van der Waals surface area contributed by atoms with Crippen LogP contribution in [-0.2, 0) is 0 Å². The van der Waals surface area contributed by atoms with Gasteiger partial charge in [0.05, 0.1) is 5.69 Å². The molecule has 0 fully saturated rings. The molecule has 0 aliphatic heterocycles. The Labute approximate surface area is 140 Å². The molecule has 0 aliphatic rings. The molecule has 2 aromatic heterocycles. The van der Waals surface area contributed by atoms with Crippen LogP contribution in [0.5, 0.6) is 0 Å². The minimum absolute atomic E-state index is 0.677. The molecular weight excluding hydrogens is 296 g/mol. The van der Waals surface area contributed by atoms with Crippen LogP contribution in [0.1, 0.15) is 17.0 Å². The number of hydrogen-bond acceptors (Lipinski definition) is 3. The Morgan fingerprint density at radius 1 is 0.792 bits per heavy atom. The highest BCUT2D eigenvalue weighted by Crippen LogP contribution is 2.31. The first-order chi connectivity index (χ1) is 11.7. The van der Waals surface area contributed by atoms with Crippen LogP contribution in [-0.4, -0.2) is 19.5 Å². The van der Waals surface area contributed by atoms with E-state index in [1.54, 1.807) is 12.4 Å². The third kappa shape index (κ3) is 2.19. The van der Waals surface area contributed by atoms with Crippen LogP contribution in [0.15, 0.2) is 54.9 Å². The summed E-state index contributed by atoms with van der Waals surface area (Å²) in [7, 11) is 0. The molecule has 0 N–H and O–H groups in total. The lowest BCUT2D eigenvalue weighted by Gasteiger charge is -2.15. The number of aryl methyl sites for hydroxylation is 2. The van der Waals surface area contributed by atoms with Gasteiger partial charge in [0.2, 0.25) is 0 Å². The molecule has 0 atom stereocenters. The van der Waals surface area contributed by atoms with Crippen molar-refractivity contribution in [1.29, 1.82) is 0 Å². The predicted octanol–water partition coefficient (Wildman–Crippen LogP) is 4.41. The number of imidazole rings is 1. The molecule has 0 saturated heterocycles. The third-order valence-electron chi connectivity index (χ3n) is 4.44. The Hall–Kier alpha value is -3.01. The highest BCUT2D eigenvalue weighted by atomic mass is 15.2. The van der Waals surface area contributed by atoms with E-state index in [1.807, 2.05) is 6.92 Å². The second-order valence-electron chi connectivity index (χ2n) is 5.96. The summed E-state index contributed by atoms with van der Waals surface area (Å²) in [6.45, 7) is 6.28. The van der Waals surface area contributed by atoms with E-state index in [1.165, 1.54) is 22.3 Å². The fourth-order valence-electron chi connectivity index (χ4n) is 3.24. The van der Waals surface area contributed by atoms with E-state index in [2.05, 4.69) is 75.8 Å². The topological polar surface area (TPSA) is 43.6 Å². The molecule has 24 heavy (non-hydrogen) atoms. The van der Waals surface area contributed by atoms with Crippen LogP contribution in [0.2, 0.25) is 0 Å². The number of hydrogen-bond donors (Lipinski definition) is 0. The molecule has 4 nitrogen and oxygen atoms in total. The van der Waals surface area contributed by atoms with E-state index < -0.39 is 0 Å². The molecule has 2 heterocycles. The van der Waals surface area contributed by atoms with E-state index in [4.69, 9.17) is 0 Å². The normalized spacial score (nSPS) is 11.1. The number of benzene rings is 2. The molecule has 4 rings (SSSR count). The fourth-order valence-corrected chi connectivity index (χ4v) is 3.24. The zero-order valence-electron chi connectivity index (χ0n) is 14.0. The van der Waals surface area contributed by atoms with Crippen molar-refractivity contribution in [2.75, 3.05) is 0 Å². The van der Waals surface area contributed by atoms with Crippen LogP contribution in [0.4, 0.5) is 0 Å². The van der Waals surface area contributed by atoms with Gasteiger partial charge in [-0.25, -0.2) is 15.0 Å². The van der Waals surface area contributed by atoms with Crippen LogP contribution in [0.3, 0.4) is 0 Å². The van der Waals surface area contributed by atoms with Gasteiger partial charge in [-0.05, 0) is 49.1 Å². The molecular formula is C20H18N4. The number of nitrogens with zero attached hydrogens (tertiary/aromatic N) is 4. The van der Waals surface area contributed by atoms with E-state index >= 15 is 0 Å². The van der Waals surface area contributed by atoms with E-state index in [9.17, 15) is 0 Å². The molecule has 0 radical (unpaired) electrons. The van der Waals surface area contributed by atoms with Crippen molar-refractivity contribution in [2.24, 2.45) is 0 Å². The lowest BCUT2D eigenvalue weighted by atomic mass is 9.95. The van der Waals surface area contributed by atoms with Gasteiger partial charge in [0, 0.05) is 12.4 Å². The Kier molecular flexibility index (Phi) is 3.38. The van der Waals surface area contributed by atoms with Crippen molar-refractivity contribution in [1.82, 2.24) is 19.5 Å². The van der Waals surface area contributed by atoms with Crippen LogP contribution < -0.4 is 0 Å². The third-order valence-corrected chi connectivity index (χ3v) is 4.44. The van der Waals surface area contributed by atoms with Crippen molar-refractivity contribution in [3.8, 4) is 16.8 Å². The van der Waals surface area contributed by atoms with Crippen molar-refractivity contribution >= 4 is 11.3 Å². The average molecular weight is 314 g/mol. The Bertz CT molecular complexity index is 1050. The first-order valence-electron chi connectivity index (χ1n) is 7.99. The number of fused-ring (bicyclic) bond motifs is 1. The second kappa shape index (κ2) is 5.57. The maximum atomic E-state index is 4.54. The standard InChI is InChI=1S/C20H18N4/c1-13-7-4-5-8-16(13)17-9-6-10-18(14(17)2)24-15(3)23-19-20(24)22-12-11-21-19/h4-12H,1-3H3. The lowest BCUT2D eigenvalue weighted by Crippen LogP contribution is -2.02. The Balaban J connectivity index is 1.99. The zero-order chi connectivity index (χ0) is 16.7. The zero-order valence-corrected chi connectivity index (χ0v) is 14.0. The maximum Gasteiger partial charge on any atom is 0.198 e. The van der Waals surface area contributed by atoms with Gasteiger partial charge in [0.25, 0.3) is 0 Å². The van der Waals surface area contributed by atoms with Gasteiger partial charge in [0.15, 0.2) is 11.3 Å². The van der Waals surface area contributed by atoms with Crippen molar-refractivity contribution in [2.45, 2.75) is 20.8 Å². The van der Waals surface area contributed by atoms with Gasteiger partial charge >= 0.3 is 0 Å². The van der Waals surface area contributed by atoms with Crippen molar-refractivity contribution in [3.63, 3.8) is 0 Å². The van der Waals surface area contributed by atoms with E-state index in [-0.39, 0.29) is 0 Å². The summed E-state index contributed by atoms with van der Waals surface area (Å²) in [5, 5.41) is 0. The molecule has 2 aromatic carbocycles. The fraction of sp³-hybridized carbons (Fsp3) is 0.150.